The maximum atomic E-state index is 13.2. The minimum absolute atomic E-state index is 0.300. The van der Waals surface area contributed by atoms with Gasteiger partial charge in [0.15, 0.2) is 0 Å². The maximum absolute atomic E-state index is 13.2. The Hall–Kier alpha value is -0.480. The van der Waals surface area contributed by atoms with Crippen LogP contribution in [0.3, 0.4) is 0 Å². The molecule has 0 saturated carbocycles. The Morgan fingerprint density at radius 1 is 0.947 bits per heavy atom. The Balaban J connectivity index is 2.16. The molecule has 2 aromatic rings. The first kappa shape index (κ1) is 14.9. The monoisotopic (exact) mass is 381 g/mol. The summed E-state index contributed by atoms with van der Waals surface area (Å²) in [6.07, 6.45) is 0. The normalized spacial score (nSPS) is 10.6. The van der Waals surface area contributed by atoms with Gasteiger partial charge in [0.2, 0.25) is 0 Å². The zero-order valence-electron chi connectivity index (χ0n) is 9.48. The van der Waals surface area contributed by atoms with Crippen LogP contribution in [0.1, 0.15) is 5.56 Å². The van der Waals surface area contributed by atoms with Gasteiger partial charge >= 0.3 is 0 Å². The molecule has 0 unspecified atom stereocenters. The zero-order chi connectivity index (χ0) is 14.0. The van der Waals surface area contributed by atoms with Crippen molar-refractivity contribution in [1.29, 1.82) is 0 Å². The van der Waals surface area contributed by atoms with E-state index in [0.29, 0.717) is 31.8 Å². The summed E-state index contributed by atoms with van der Waals surface area (Å²) in [6.45, 7) is 0.425. The lowest BCUT2D eigenvalue weighted by atomic mass is 10.2. The Kier molecular flexibility index (Phi) is 4.96. The van der Waals surface area contributed by atoms with Crippen molar-refractivity contribution < 1.29 is 4.39 Å². The second-order valence-electron chi connectivity index (χ2n) is 3.88. The molecule has 1 nitrogen and oxygen atoms in total. The second-order valence-corrected chi connectivity index (χ2v) is 6.01. The molecule has 0 bridgehead atoms. The Bertz CT molecular complexity index is 599. The van der Waals surface area contributed by atoms with E-state index in [0.717, 1.165) is 5.56 Å². The molecule has 0 saturated heterocycles. The van der Waals surface area contributed by atoms with Gasteiger partial charge in [0.25, 0.3) is 0 Å². The van der Waals surface area contributed by atoms with E-state index in [2.05, 4.69) is 21.2 Å². The molecule has 0 aliphatic rings. The van der Waals surface area contributed by atoms with Crippen molar-refractivity contribution in [3.63, 3.8) is 0 Å². The quantitative estimate of drug-likeness (QED) is 0.626. The summed E-state index contributed by atoms with van der Waals surface area (Å²) in [4.78, 5) is 0. The molecule has 6 heteroatoms. The van der Waals surface area contributed by atoms with Gasteiger partial charge in [-0.05, 0) is 35.9 Å². The average Bonchev–Trinajstić information content (AvgIpc) is 2.31. The number of rotatable bonds is 3. The van der Waals surface area contributed by atoms with Crippen molar-refractivity contribution in [2.45, 2.75) is 6.54 Å². The summed E-state index contributed by atoms with van der Waals surface area (Å²) >= 11 is 21.0. The highest BCUT2D eigenvalue weighted by Crippen LogP contribution is 2.32. The summed E-state index contributed by atoms with van der Waals surface area (Å²) in [5.41, 5.74) is 1.44. The van der Waals surface area contributed by atoms with Gasteiger partial charge in [-0.2, -0.15) is 0 Å². The first-order valence-corrected chi connectivity index (χ1v) is 7.22. The van der Waals surface area contributed by atoms with E-state index in [1.165, 1.54) is 12.1 Å². The van der Waals surface area contributed by atoms with E-state index in [9.17, 15) is 4.39 Å². The van der Waals surface area contributed by atoms with Crippen LogP contribution in [0.15, 0.2) is 34.8 Å². The molecule has 0 aromatic heterocycles. The van der Waals surface area contributed by atoms with Crippen LogP contribution in [-0.2, 0) is 6.54 Å². The molecule has 19 heavy (non-hydrogen) atoms. The Labute approximate surface area is 133 Å². The molecule has 0 spiro atoms. The van der Waals surface area contributed by atoms with E-state index in [1.807, 2.05) is 6.07 Å². The first-order chi connectivity index (χ1) is 8.95. The fourth-order valence-corrected chi connectivity index (χ4v) is 2.69. The summed E-state index contributed by atoms with van der Waals surface area (Å²) < 4.78 is 13.9. The van der Waals surface area contributed by atoms with Gasteiger partial charge in [0, 0.05) is 11.0 Å². The third kappa shape index (κ3) is 3.99. The number of hydrogen-bond donors (Lipinski definition) is 1. The van der Waals surface area contributed by atoms with Gasteiger partial charge in [-0.15, -0.1) is 0 Å². The lowest BCUT2D eigenvalue weighted by Crippen LogP contribution is -2.00. The summed E-state index contributed by atoms with van der Waals surface area (Å²) in [6, 6.07) is 7.87. The Morgan fingerprint density at radius 2 is 1.63 bits per heavy atom. The highest BCUT2D eigenvalue weighted by Gasteiger charge is 2.06. The smallest absolute Gasteiger partial charge is 0.124 e. The van der Waals surface area contributed by atoms with E-state index < -0.39 is 0 Å². The minimum atomic E-state index is -0.300. The number of hydrogen-bond acceptors (Lipinski definition) is 1. The molecule has 0 radical (unpaired) electrons. The summed E-state index contributed by atoms with van der Waals surface area (Å²) in [7, 11) is 0. The lowest BCUT2D eigenvalue weighted by Gasteiger charge is -2.10. The molecule has 2 rings (SSSR count). The van der Waals surface area contributed by atoms with Crippen molar-refractivity contribution in [2.24, 2.45) is 0 Å². The fraction of sp³-hybridized carbons (Fsp3) is 0.0769. The highest BCUT2D eigenvalue weighted by atomic mass is 79.9. The number of halogens is 5. The number of benzene rings is 2. The average molecular weight is 383 g/mol. The van der Waals surface area contributed by atoms with Crippen LogP contribution < -0.4 is 5.32 Å². The van der Waals surface area contributed by atoms with Gasteiger partial charge in [-0.25, -0.2) is 4.39 Å². The molecule has 2 aromatic carbocycles. The van der Waals surface area contributed by atoms with Crippen molar-refractivity contribution in [1.82, 2.24) is 0 Å². The van der Waals surface area contributed by atoms with Crippen molar-refractivity contribution >= 4 is 56.4 Å². The topological polar surface area (TPSA) is 12.0 Å². The van der Waals surface area contributed by atoms with Crippen LogP contribution in [-0.4, -0.2) is 0 Å². The first-order valence-electron chi connectivity index (χ1n) is 5.29. The largest absolute Gasteiger partial charge is 0.380 e. The minimum Gasteiger partial charge on any atom is -0.380 e. The zero-order valence-corrected chi connectivity index (χ0v) is 13.3. The third-order valence-electron chi connectivity index (χ3n) is 2.42. The van der Waals surface area contributed by atoms with Crippen molar-refractivity contribution in [2.75, 3.05) is 5.32 Å². The van der Waals surface area contributed by atoms with Crippen molar-refractivity contribution in [3.8, 4) is 0 Å². The van der Waals surface area contributed by atoms with E-state index in [-0.39, 0.29) is 5.82 Å². The van der Waals surface area contributed by atoms with Crippen LogP contribution in [0.5, 0.6) is 0 Å². The van der Waals surface area contributed by atoms with Gasteiger partial charge in [-0.1, -0.05) is 50.7 Å². The molecule has 0 atom stereocenters. The molecule has 0 heterocycles. The predicted molar refractivity (Wildman–Crippen MR) is 82.9 cm³/mol. The highest BCUT2D eigenvalue weighted by molar-refractivity contribution is 9.10. The summed E-state index contributed by atoms with van der Waals surface area (Å²) in [5, 5.41) is 4.36. The van der Waals surface area contributed by atoms with Gasteiger partial charge < -0.3 is 5.32 Å². The fourth-order valence-electron chi connectivity index (χ4n) is 1.57. The molecule has 1 N–H and O–H groups in total. The van der Waals surface area contributed by atoms with Crippen LogP contribution in [0, 0.1) is 5.82 Å². The van der Waals surface area contributed by atoms with E-state index >= 15 is 0 Å². The molecule has 0 aliphatic carbocycles. The molecular formula is C13H8BrCl3FN. The molecule has 100 valence electrons. The van der Waals surface area contributed by atoms with Gasteiger partial charge in [0.1, 0.15) is 5.82 Å². The molecule has 0 amide bonds. The van der Waals surface area contributed by atoms with Crippen molar-refractivity contribution in [3.05, 3.63) is 61.3 Å². The second kappa shape index (κ2) is 6.31. The molecule has 0 aliphatic heterocycles. The van der Waals surface area contributed by atoms with Gasteiger partial charge in [0.05, 0.1) is 20.8 Å². The molecular weight excluding hydrogens is 375 g/mol. The van der Waals surface area contributed by atoms with Crippen LogP contribution in [0.4, 0.5) is 10.1 Å². The van der Waals surface area contributed by atoms with Crippen LogP contribution in [0.25, 0.3) is 0 Å². The predicted octanol–water partition coefficient (Wildman–Crippen LogP) is 6.16. The number of nitrogens with one attached hydrogen (secondary N) is 1. The third-order valence-corrected chi connectivity index (χ3v) is 3.91. The van der Waals surface area contributed by atoms with E-state index in [1.54, 1.807) is 12.1 Å². The van der Waals surface area contributed by atoms with Crippen LogP contribution >= 0.6 is 50.7 Å². The Morgan fingerprint density at radius 3 is 2.32 bits per heavy atom. The maximum Gasteiger partial charge on any atom is 0.124 e. The SMILES string of the molecule is Fc1cc(Br)cc(CNc2cc(Cl)c(Cl)cc2Cl)c1. The summed E-state index contributed by atoms with van der Waals surface area (Å²) in [5.74, 6) is -0.300. The molecule has 0 fully saturated rings. The lowest BCUT2D eigenvalue weighted by molar-refractivity contribution is 0.625. The number of anilines is 1. The standard InChI is InChI=1S/C13H8BrCl3FN/c14-8-1-7(2-9(18)3-8)6-19-13-5-11(16)10(15)4-12(13)17/h1-5,19H,6H2. The van der Waals surface area contributed by atoms with Crippen LogP contribution in [0.2, 0.25) is 15.1 Å². The van der Waals surface area contributed by atoms with Gasteiger partial charge in [-0.3, -0.25) is 0 Å². The van der Waals surface area contributed by atoms with E-state index in [4.69, 9.17) is 34.8 Å².